The highest BCUT2D eigenvalue weighted by atomic mass is 32.1. The molecule has 3 rings (SSSR count). The molecule has 3 aromatic rings. The third-order valence-electron chi connectivity index (χ3n) is 4.82. The molecule has 0 fully saturated rings. The summed E-state index contributed by atoms with van der Waals surface area (Å²) in [6, 6.07) is 12.4. The zero-order chi connectivity index (χ0) is 17.8. The van der Waals surface area contributed by atoms with Gasteiger partial charge in [0.05, 0.1) is 6.04 Å². The Balaban J connectivity index is 1.78. The lowest BCUT2D eigenvalue weighted by Crippen LogP contribution is -2.38. The Morgan fingerprint density at radius 2 is 2.00 bits per heavy atom. The van der Waals surface area contributed by atoms with E-state index in [9.17, 15) is 4.79 Å². The molecule has 2 heterocycles. The van der Waals surface area contributed by atoms with E-state index in [-0.39, 0.29) is 11.9 Å². The normalized spacial score (nSPS) is 12.6. The Labute approximate surface area is 153 Å². The van der Waals surface area contributed by atoms with Crippen LogP contribution in [-0.2, 0) is 7.05 Å². The fourth-order valence-corrected chi connectivity index (χ4v) is 4.08. The molecule has 25 heavy (non-hydrogen) atoms. The van der Waals surface area contributed by atoms with Gasteiger partial charge in [0.1, 0.15) is 5.69 Å². The van der Waals surface area contributed by atoms with Crippen LogP contribution in [0.3, 0.4) is 0 Å². The van der Waals surface area contributed by atoms with Crippen molar-refractivity contribution in [2.45, 2.75) is 19.9 Å². The number of rotatable bonds is 7. The number of para-hydroxylation sites is 1. The van der Waals surface area contributed by atoms with E-state index in [1.165, 1.54) is 5.56 Å². The number of thiophene rings is 1. The van der Waals surface area contributed by atoms with Crippen molar-refractivity contribution in [1.82, 2.24) is 14.8 Å². The fraction of sp³-hybridized carbons (Fsp3) is 0.350. The summed E-state index contributed by atoms with van der Waals surface area (Å²) in [7, 11) is 1.94. The van der Waals surface area contributed by atoms with Crippen LogP contribution in [0.2, 0.25) is 0 Å². The lowest BCUT2D eigenvalue weighted by Gasteiger charge is -2.29. The van der Waals surface area contributed by atoms with Crippen molar-refractivity contribution >= 4 is 28.1 Å². The van der Waals surface area contributed by atoms with Gasteiger partial charge in [-0.15, -0.1) is 0 Å². The number of benzene rings is 1. The molecule has 0 aliphatic carbocycles. The standard InChI is InChI=1S/C20H25N3OS/c1-4-23(5-2)19(16-10-11-25-14-16)13-21-20(24)18-12-15-8-6-7-9-17(15)22(18)3/h6-12,14,19H,4-5,13H2,1-3H3,(H,21,24). The molecular weight excluding hydrogens is 330 g/mol. The summed E-state index contributed by atoms with van der Waals surface area (Å²) in [5, 5.41) is 8.50. The van der Waals surface area contributed by atoms with Gasteiger partial charge in [0.15, 0.2) is 0 Å². The maximum atomic E-state index is 12.8. The summed E-state index contributed by atoms with van der Waals surface area (Å²) >= 11 is 1.70. The molecule has 0 aliphatic heterocycles. The van der Waals surface area contributed by atoms with Crippen LogP contribution < -0.4 is 5.32 Å². The van der Waals surface area contributed by atoms with E-state index < -0.39 is 0 Å². The molecule has 0 aliphatic rings. The van der Waals surface area contributed by atoms with Gasteiger partial charge in [-0.3, -0.25) is 9.69 Å². The highest BCUT2D eigenvalue weighted by Crippen LogP contribution is 2.23. The van der Waals surface area contributed by atoms with Crippen LogP contribution >= 0.6 is 11.3 Å². The molecule has 4 nitrogen and oxygen atoms in total. The number of aromatic nitrogens is 1. The second-order valence-electron chi connectivity index (χ2n) is 6.15. The molecule has 1 amide bonds. The number of aryl methyl sites for hydroxylation is 1. The van der Waals surface area contributed by atoms with Gasteiger partial charge in [-0.25, -0.2) is 0 Å². The minimum Gasteiger partial charge on any atom is -0.349 e. The van der Waals surface area contributed by atoms with Gasteiger partial charge < -0.3 is 9.88 Å². The second kappa shape index (κ2) is 7.85. The van der Waals surface area contributed by atoms with Crippen LogP contribution in [0.4, 0.5) is 0 Å². The predicted molar refractivity (Wildman–Crippen MR) is 105 cm³/mol. The van der Waals surface area contributed by atoms with Crippen LogP contribution in [-0.4, -0.2) is 35.0 Å². The number of nitrogens with zero attached hydrogens (tertiary/aromatic N) is 2. The Bertz CT molecular complexity index is 834. The molecule has 0 saturated carbocycles. The first-order valence-corrected chi connectivity index (χ1v) is 9.68. The topological polar surface area (TPSA) is 37.3 Å². The highest BCUT2D eigenvalue weighted by Gasteiger charge is 2.20. The number of amides is 1. The van der Waals surface area contributed by atoms with Gasteiger partial charge in [-0.1, -0.05) is 32.0 Å². The first kappa shape index (κ1) is 17.7. The summed E-state index contributed by atoms with van der Waals surface area (Å²) in [5.41, 5.74) is 3.04. The number of hydrogen-bond acceptors (Lipinski definition) is 3. The third-order valence-corrected chi connectivity index (χ3v) is 5.52. The molecule has 2 aromatic heterocycles. The van der Waals surface area contributed by atoms with Crippen molar-refractivity contribution in [3.63, 3.8) is 0 Å². The van der Waals surface area contributed by atoms with E-state index in [4.69, 9.17) is 0 Å². The van der Waals surface area contributed by atoms with Gasteiger partial charge in [0.2, 0.25) is 0 Å². The number of nitrogens with one attached hydrogen (secondary N) is 1. The van der Waals surface area contributed by atoms with Crippen LogP contribution in [0.5, 0.6) is 0 Å². The van der Waals surface area contributed by atoms with Crippen molar-refractivity contribution in [3.05, 3.63) is 58.4 Å². The van der Waals surface area contributed by atoms with Gasteiger partial charge in [0.25, 0.3) is 5.91 Å². The van der Waals surface area contributed by atoms with E-state index in [1.54, 1.807) is 11.3 Å². The Morgan fingerprint density at radius 3 is 2.64 bits per heavy atom. The minimum atomic E-state index is -0.0221. The van der Waals surface area contributed by atoms with E-state index in [1.807, 2.05) is 41.9 Å². The monoisotopic (exact) mass is 355 g/mol. The number of carbonyl (C=O) groups is 1. The molecule has 5 heteroatoms. The van der Waals surface area contributed by atoms with Crippen molar-refractivity contribution in [1.29, 1.82) is 0 Å². The molecule has 0 saturated heterocycles. The van der Waals surface area contributed by atoms with Crippen LogP contribution in [0.25, 0.3) is 10.9 Å². The lowest BCUT2D eigenvalue weighted by atomic mass is 10.1. The number of fused-ring (bicyclic) bond motifs is 1. The highest BCUT2D eigenvalue weighted by molar-refractivity contribution is 7.07. The molecule has 1 N–H and O–H groups in total. The van der Waals surface area contributed by atoms with Gasteiger partial charge in [-0.05, 0) is 47.6 Å². The summed E-state index contributed by atoms with van der Waals surface area (Å²) in [4.78, 5) is 15.1. The summed E-state index contributed by atoms with van der Waals surface area (Å²) in [5.74, 6) is -0.0221. The Hall–Kier alpha value is -2.11. The molecule has 1 aromatic carbocycles. The van der Waals surface area contributed by atoms with Crippen LogP contribution in [0.15, 0.2) is 47.2 Å². The molecule has 132 valence electrons. The zero-order valence-electron chi connectivity index (χ0n) is 15.0. The van der Waals surface area contributed by atoms with Crippen LogP contribution in [0.1, 0.15) is 35.9 Å². The van der Waals surface area contributed by atoms with Crippen LogP contribution in [0, 0.1) is 0 Å². The SMILES string of the molecule is CCN(CC)C(CNC(=O)c1cc2ccccc2n1C)c1ccsc1. The molecule has 0 spiro atoms. The van der Waals surface area contributed by atoms with Crippen molar-refractivity contribution < 1.29 is 4.79 Å². The average Bonchev–Trinajstić information content (AvgIpc) is 3.27. The maximum absolute atomic E-state index is 12.8. The quantitative estimate of drug-likeness (QED) is 0.694. The number of carbonyl (C=O) groups excluding carboxylic acids is 1. The number of likely N-dealkylation sites (N-methyl/N-ethyl adjacent to an activating group) is 1. The van der Waals surface area contributed by atoms with Crippen molar-refractivity contribution in [2.24, 2.45) is 7.05 Å². The van der Waals surface area contributed by atoms with E-state index >= 15 is 0 Å². The largest absolute Gasteiger partial charge is 0.349 e. The lowest BCUT2D eigenvalue weighted by molar-refractivity contribution is 0.0927. The van der Waals surface area contributed by atoms with Gasteiger partial charge in [-0.2, -0.15) is 11.3 Å². The van der Waals surface area contributed by atoms with E-state index in [2.05, 4.69) is 40.9 Å². The third kappa shape index (κ3) is 3.62. The maximum Gasteiger partial charge on any atom is 0.267 e. The summed E-state index contributed by atoms with van der Waals surface area (Å²) in [6.07, 6.45) is 0. The van der Waals surface area contributed by atoms with Gasteiger partial charge in [0, 0.05) is 24.5 Å². The first-order chi connectivity index (χ1) is 12.2. The smallest absolute Gasteiger partial charge is 0.267 e. The number of hydrogen-bond donors (Lipinski definition) is 1. The molecule has 1 unspecified atom stereocenters. The van der Waals surface area contributed by atoms with E-state index in [0.717, 1.165) is 24.0 Å². The predicted octanol–water partition coefficient (Wildman–Crippen LogP) is 4.05. The zero-order valence-corrected chi connectivity index (χ0v) is 15.8. The summed E-state index contributed by atoms with van der Waals surface area (Å²) in [6.45, 7) is 6.85. The van der Waals surface area contributed by atoms with E-state index in [0.29, 0.717) is 12.2 Å². The van der Waals surface area contributed by atoms with Crippen molar-refractivity contribution in [2.75, 3.05) is 19.6 Å². The summed E-state index contributed by atoms with van der Waals surface area (Å²) < 4.78 is 1.96. The fourth-order valence-electron chi connectivity index (χ4n) is 3.37. The molecular formula is C20H25N3OS. The van der Waals surface area contributed by atoms with Crippen molar-refractivity contribution in [3.8, 4) is 0 Å². The first-order valence-electron chi connectivity index (χ1n) is 8.74. The Kier molecular flexibility index (Phi) is 5.56. The molecule has 0 radical (unpaired) electrons. The van der Waals surface area contributed by atoms with Gasteiger partial charge >= 0.3 is 0 Å². The molecule has 1 atom stereocenters. The molecule has 0 bridgehead atoms. The minimum absolute atomic E-state index is 0.0221. The average molecular weight is 356 g/mol. The second-order valence-corrected chi connectivity index (χ2v) is 6.93. The Morgan fingerprint density at radius 1 is 1.24 bits per heavy atom.